The van der Waals surface area contributed by atoms with Crippen molar-refractivity contribution in [1.82, 2.24) is 15.1 Å². The maximum atomic E-state index is 12.1. The minimum Gasteiger partial charge on any atom is -0.450 e. The highest BCUT2D eigenvalue weighted by molar-refractivity contribution is 6.35. The van der Waals surface area contributed by atoms with Crippen LogP contribution in [0.4, 0.5) is 4.79 Å². The second-order valence-electron chi connectivity index (χ2n) is 5.15. The summed E-state index contributed by atoms with van der Waals surface area (Å²) < 4.78 is 4.92. The lowest BCUT2D eigenvalue weighted by Gasteiger charge is -2.33. The van der Waals surface area contributed by atoms with Crippen LogP contribution in [0.25, 0.3) is 0 Å². The van der Waals surface area contributed by atoms with E-state index in [0.29, 0.717) is 39.3 Å². The van der Waals surface area contributed by atoms with Crippen LogP contribution >= 0.6 is 0 Å². The highest BCUT2D eigenvalue weighted by atomic mass is 16.6. The van der Waals surface area contributed by atoms with E-state index in [1.165, 1.54) is 9.80 Å². The van der Waals surface area contributed by atoms with E-state index in [1.807, 2.05) is 30.3 Å². The van der Waals surface area contributed by atoms with Crippen LogP contribution in [0, 0.1) is 0 Å². The van der Waals surface area contributed by atoms with E-state index in [0.717, 1.165) is 5.56 Å². The average molecular weight is 319 g/mol. The first-order valence-electron chi connectivity index (χ1n) is 7.64. The first-order chi connectivity index (χ1) is 11.1. The Balaban J connectivity index is 1.78. The highest BCUT2D eigenvalue weighted by Crippen LogP contribution is 2.05. The standard InChI is InChI=1S/C16H21N3O4/c1-2-23-16(22)19-10-8-18(9-11-19)15(21)14(20)17-12-13-6-4-3-5-7-13/h3-7H,2,8-12H2,1H3,(H,17,20). The molecular weight excluding hydrogens is 298 g/mol. The fraction of sp³-hybridized carbons (Fsp3) is 0.438. The summed E-state index contributed by atoms with van der Waals surface area (Å²) >= 11 is 0. The minimum absolute atomic E-state index is 0.314. The number of piperazine rings is 1. The maximum absolute atomic E-state index is 12.1. The van der Waals surface area contributed by atoms with Gasteiger partial charge in [-0.05, 0) is 12.5 Å². The van der Waals surface area contributed by atoms with E-state index in [1.54, 1.807) is 6.92 Å². The molecule has 7 heteroatoms. The Morgan fingerprint density at radius 2 is 1.65 bits per heavy atom. The summed E-state index contributed by atoms with van der Waals surface area (Å²) in [7, 11) is 0. The van der Waals surface area contributed by atoms with E-state index < -0.39 is 11.8 Å². The third-order valence-corrected chi connectivity index (χ3v) is 3.58. The Morgan fingerprint density at radius 3 is 2.26 bits per heavy atom. The molecule has 0 unspecified atom stereocenters. The minimum atomic E-state index is -0.626. The normalized spacial score (nSPS) is 14.3. The van der Waals surface area contributed by atoms with Crippen molar-refractivity contribution in [2.75, 3.05) is 32.8 Å². The number of carbonyl (C=O) groups is 3. The van der Waals surface area contributed by atoms with Crippen LogP contribution in [0.1, 0.15) is 12.5 Å². The molecule has 124 valence electrons. The molecule has 0 radical (unpaired) electrons. The fourth-order valence-electron chi connectivity index (χ4n) is 2.30. The molecule has 0 aliphatic carbocycles. The van der Waals surface area contributed by atoms with Crippen molar-refractivity contribution < 1.29 is 19.1 Å². The topological polar surface area (TPSA) is 79.0 Å². The Bertz CT molecular complexity index is 554. The van der Waals surface area contributed by atoms with Crippen molar-refractivity contribution in [2.24, 2.45) is 0 Å². The summed E-state index contributed by atoms with van der Waals surface area (Å²) in [5.74, 6) is -1.19. The number of nitrogens with zero attached hydrogens (tertiary/aromatic N) is 2. The molecule has 1 aliphatic rings. The van der Waals surface area contributed by atoms with Gasteiger partial charge in [0.1, 0.15) is 0 Å². The Morgan fingerprint density at radius 1 is 1.04 bits per heavy atom. The van der Waals surface area contributed by atoms with Crippen molar-refractivity contribution in [2.45, 2.75) is 13.5 Å². The number of carbonyl (C=O) groups excluding carboxylic acids is 3. The molecule has 2 rings (SSSR count). The van der Waals surface area contributed by atoms with E-state index in [4.69, 9.17) is 4.74 Å². The number of nitrogens with one attached hydrogen (secondary N) is 1. The van der Waals surface area contributed by atoms with Gasteiger partial charge in [-0.3, -0.25) is 9.59 Å². The van der Waals surface area contributed by atoms with Gasteiger partial charge in [0.15, 0.2) is 0 Å². The van der Waals surface area contributed by atoms with E-state index in [9.17, 15) is 14.4 Å². The third kappa shape index (κ3) is 4.70. The molecule has 1 N–H and O–H groups in total. The van der Waals surface area contributed by atoms with Gasteiger partial charge in [-0.15, -0.1) is 0 Å². The Labute approximate surface area is 135 Å². The summed E-state index contributed by atoms with van der Waals surface area (Å²) in [6.45, 7) is 3.78. The van der Waals surface area contributed by atoms with Gasteiger partial charge in [0, 0.05) is 32.7 Å². The summed E-state index contributed by atoms with van der Waals surface area (Å²) in [4.78, 5) is 38.6. The van der Waals surface area contributed by atoms with E-state index in [2.05, 4.69) is 5.32 Å². The Hall–Kier alpha value is -2.57. The molecule has 0 spiro atoms. The Kier molecular flexibility index (Phi) is 5.96. The second kappa shape index (κ2) is 8.17. The monoisotopic (exact) mass is 319 g/mol. The number of ether oxygens (including phenoxy) is 1. The van der Waals surface area contributed by atoms with Crippen LogP contribution in [-0.4, -0.2) is 60.5 Å². The first-order valence-corrected chi connectivity index (χ1v) is 7.64. The van der Waals surface area contributed by atoms with Crippen LogP contribution in [0.5, 0.6) is 0 Å². The summed E-state index contributed by atoms with van der Waals surface area (Å²) in [5.41, 5.74) is 0.931. The quantitative estimate of drug-likeness (QED) is 0.828. The van der Waals surface area contributed by atoms with Gasteiger partial charge in [-0.2, -0.15) is 0 Å². The molecule has 1 aromatic carbocycles. The lowest BCUT2D eigenvalue weighted by Crippen LogP contribution is -2.53. The SMILES string of the molecule is CCOC(=O)N1CCN(C(=O)C(=O)NCc2ccccc2)CC1. The van der Waals surface area contributed by atoms with Gasteiger partial charge in [0.2, 0.25) is 0 Å². The van der Waals surface area contributed by atoms with E-state index >= 15 is 0 Å². The second-order valence-corrected chi connectivity index (χ2v) is 5.15. The number of rotatable bonds is 3. The van der Waals surface area contributed by atoms with Crippen molar-refractivity contribution in [3.8, 4) is 0 Å². The lowest BCUT2D eigenvalue weighted by atomic mass is 10.2. The van der Waals surface area contributed by atoms with Gasteiger partial charge in [0.25, 0.3) is 0 Å². The summed E-state index contributed by atoms with van der Waals surface area (Å²) in [5, 5.41) is 2.61. The van der Waals surface area contributed by atoms with Crippen LogP contribution in [0.3, 0.4) is 0 Å². The lowest BCUT2D eigenvalue weighted by molar-refractivity contribution is -0.146. The van der Waals surface area contributed by atoms with Gasteiger partial charge in [0.05, 0.1) is 6.61 Å². The zero-order chi connectivity index (χ0) is 16.7. The van der Waals surface area contributed by atoms with Gasteiger partial charge < -0.3 is 19.9 Å². The van der Waals surface area contributed by atoms with Gasteiger partial charge in [-0.1, -0.05) is 30.3 Å². The first kappa shape index (κ1) is 16.8. The zero-order valence-corrected chi connectivity index (χ0v) is 13.2. The molecule has 1 fully saturated rings. The predicted molar refractivity (Wildman–Crippen MR) is 83.5 cm³/mol. The molecule has 23 heavy (non-hydrogen) atoms. The smallest absolute Gasteiger partial charge is 0.409 e. The van der Waals surface area contributed by atoms with Crippen LogP contribution in [0.2, 0.25) is 0 Å². The zero-order valence-electron chi connectivity index (χ0n) is 13.2. The predicted octanol–water partition coefficient (Wildman–Crippen LogP) is 0.604. The van der Waals surface area contributed by atoms with E-state index in [-0.39, 0.29) is 6.09 Å². The van der Waals surface area contributed by atoms with Gasteiger partial charge >= 0.3 is 17.9 Å². The fourth-order valence-corrected chi connectivity index (χ4v) is 2.30. The molecular formula is C16H21N3O4. The average Bonchev–Trinajstić information content (AvgIpc) is 2.60. The number of hydrogen-bond donors (Lipinski definition) is 1. The maximum Gasteiger partial charge on any atom is 0.409 e. The summed E-state index contributed by atoms with van der Waals surface area (Å²) in [6, 6.07) is 9.39. The van der Waals surface area contributed by atoms with Crippen LogP contribution in [-0.2, 0) is 20.9 Å². The molecule has 0 saturated carbocycles. The molecule has 7 nitrogen and oxygen atoms in total. The molecule has 0 bridgehead atoms. The third-order valence-electron chi connectivity index (χ3n) is 3.58. The number of amides is 3. The van der Waals surface area contributed by atoms with Crippen molar-refractivity contribution in [1.29, 1.82) is 0 Å². The molecule has 1 aliphatic heterocycles. The molecule has 1 aromatic rings. The van der Waals surface area contributed by atoms with Crippen molar-refractivity contribution in [3.63, 3.8) is 0 Å². The van der Waals surface area contributed by atoms with Gasteiger partial charge in [-0.25, -0.2) is 4.79 Å². The largest absolute Gasteiger partial charge is 0.450 e. The van der Waals surface area contributed by atoms with Crippen LogP contribution in [0.15, 0.2) is 30.3 Å². The summed E-state index contributed by atoms with van der Waals surface area (Å²) in [6.07, 6.45) is -0.381. The number of benzene rings is 1. The molecule has 1 saturated heterocycles. The van der Waals surface area contributed by atoms with Crippen LogP contribution < -0.4 is 5.32 Å². The number of hydrogen-bond acceptors (Lipinski definition) is 4. The highest BCUT2D eigenvalue weighted by Gasteiger charge is 2.28. The van der Waals surface area contributed by atoms with Crippen molar-refractivity contribution in [3.05, 3.63) is 35.9 Å². The molecule has 3 amide bonds. The molecule has 0 aromatic heterocycles. The molecule has 1 heterocycles. The van der Waals surface area contributed by atoms with Crippen molar-refractivity contribution >= 4 is 17.9 Å². The molecule has 0 atom stereocenters.